The Labute approximate surface area is 183 Å². The summed E-state index contributed by atoms with van der Waals surface area (Å²) in [5.41, 5.74) is 4.71. The quantitative estimate of drug-likeness (QED) is 0.484. The Hall–Kier alpha value is -3.63. The van der Waals surface area contributed by atoms with Gasteiger partial charge in [0.05, 0.1) is 36.9 Å². The van der Waals surface area contributed by atoms with Crippen LogP contribution in [0.25, 0.3) is 22.5 Å². The fourth-order valence-corrected chi connectivity index (χ4v) is 3.77. The summed E-state index contributed by atoms with van der Waals surface area (Å²) < 4.78 is 12.5. The molecular weight excluding hydrogens is 412 g/mol. The van der Waals surface area contributed by atoms with E-state index in [9.17, 15) is 9.90 Å². The molecule has 0 saturated carbocycles. The first-order valence-corrected chi connectivity index (χ1v) is 10.3. The van der Waals surface area contributed by atoms with E-state index in [1.54, 1.807) is 42.5 Å². The SMILES string of the molecule is Cn1cc(-c2ccc(Cc3cc(C(=O)N[C@H]4CCOC[C@@H]4O)nc4ccoc34)cn2)nn1. The van der Waals surface area contributed by atoms with Gasteiger partial charge in [-0.25, -0.2) is 4.98 Å². The van der Waals surface area contributed by atoms with Crippen LogP contribution in [-0.2, 0) is 18.2 Å². The Morgan fingerprint density at radius 1 is 1.31 bits per heavy atom. The summed E-state index contributed by atoms with van der Waals surface area (Å²) in [6.45, 7) is 0.709. The van der Waals surface area contributed by atoms with E-state index in [1.807, 2.05) is 12.1 Å². The van der Waals surface area contributed by atoms with Gasteiger partial charge in [0.1, 0.15) is 16.9 Å². The molecule has 5 rings (SSSR count). The zero-order valence-corrected chi connectivity index (χ0v) is 17.4. The van der Waals surface area contributed by atoms with Crippen molar-refractivity contribution in [2.24, 2.45) is 7.05 Å². The number of furan rings is 1. The van der Waals surface area contributed by atoms with Gasteiger partial charge < -0.3 is 19.6 Å². The zero-order valence-electron chi connectivity index (χ0n) is 17.4. The lowest BCUT2D eigenvalue weighted by Crippen LogP contribution is -2.48. The fourth-order valence-electron chi connectivity index (χ4n) is 3.77. The Bertz CT molecular complexity index is 1250. The molecule has 1 saturated heterocycles. The van der Waals surface area contributed by atoms with Gasteiger partial charge in [0, 0.05) is 37.9 Å². The molecule has 10 heteroatoms. The molecule has 4 aromatic heterocycles. The minimum Gasteiger partial charge on any atom is -0.462 e. The number of aryl methyl sites for hydroxylation is 1. The first-order valence-electron chi connectivity index (χ1n) is 10.3. The average Bonchev–Trinajstić information content (AvgIpc) is 3.45. The summed E-state index contributed by atoms with van der Waals surface area (Å²) in [4.78, 5) is 21.8. The van der Waals surface area contributed by atoms with E-state index in [0.29, 0.717) is 36.2 Å². The van der Waals surface area contributed by atoms with Gasteiger partial charge in [-0.1, -0.05) is 11.3 Å². The van der Waals surface area contributed by atoms with Crippen LogP contribution in [0.5, 0.6) is 0 Å². The van der Waals surface area contributed by atoms with Gasteiger partial charge in [0.25, 0.3) is 5.91 Å². The molecule has 164 valence electrons. The average molecular weight is 434 g/mol. The Balaban J connectivity index is 1.39. The molecule has 5 heterocycles. The van der Waals surface area contributed by atoms with Crippen molar-refractivity contribution >= 4 is 17.0 Å². The van der Waals surface area contributed by atoms with E-state index < -0.39 is 6.10 Å². The van der Waals surface area contributed by atoms with Crippen LogP contribution in [0.2, 0.25) is 0 Å². The first kappa shape index (κ1) is 20.3. The van der Waals surface area contributed by atoms with E-state index >= 15 is 0 Å². The maximum atomic E-state index is 12.8. The minimum absolute atomic E-state index is 0.210. The molecular formula is C22H22N6O4. The highest BCUT2D eigenvalue weighted by Gasteiger charge is 2.26. The van der Waals surface area contributed by atoms with Gasteiger partial charge in [0.2, 0.25) is 0 Å². The fraction of sp³-hybridized carbons (Fsp3) is 0.318. The summed E-state index contributed by atoms with van der Waals surface area (Å²) >= 11 is 0. The molecule has 2 atom stereocenters. The van der Waals surface area contributed by atoms with Crippen LogP contribution in [0.3, 0.4) is 0 Å². The smallest absolute Gasteiger partial charge is 0.270 e. The topological polar surface area (TPSA) is 128 Å². The molecule has 0 aromatic carbocycles. The second kappa shape index (κ2) is 8.48. The molecule has 0 spiro atoms. The van der Waals surface area contributed by atoms with E-state index in [2.05, 4.69) is 25.6 Å². The van der Waals surface area contributed by atoms with E-state index in [0.717, 1.165) is 16.8 Å². The number of aliphatic hydroxyl groups excluding tert-OH is 1. The van der Waals surface area contributed by atoms with Gasteiger partial charge in [0.15, 0.2) is 5.58 Å². The largest absolute Gasteiger partial charge is 0.462 e. The number of carbonyl (C=O) groups excluding carboxylic acids is 1. The number of aromatic nitrogens is 5. The Morgan fingerprint density at radius 2 is 2.22 bits per heavy atom. The van der Waals surface area contributed by atoms with Crippen LogP contribution < -0.4 is 5.32 Å². The lowest BCUT2D eigenvalue weighted by atomic mass is 10.0. The highest BCUT2D eigenvalue weighted by Crippen LogP contribution is 2.23. The summed E-state index contributed by atoms with van der Waals surface area (Å²) in [6.07, 6.45) is 5.47. The predicted octanol–water partition coefficient (Wildman–Crippen LogP) is 1.49. The van der Waals surface area contributed by atoms with Crippen LogP contribution in [-0.4, -0.2) is 61.3 Å². The standard InChI is InChI=1S/C22H22N6O4/c1-28-11-19(26-27-28)15-3-2-13(10-23-15)8-14-9-18(24-17-5-7-32-21(14)17)22(30)25-16-4-6-31-12-20(16)29/h2-3,5,7,9-11,16,20,29H,4,6,8,12H2,1H3,(H,25,30)/t16-,20-/m0/s1. The third-order valence-electron chi connectivity index (χ3n) is 5.45. The number of aliphatic hydroxyl groups is 1. The molecule has 32 heavy (non-hydrogen) atoms. The molecule has 2 N–H and O–H groups in total. The molecule has 1 aliphatic heterocycles. The third-order valence-corrected chi connectivity index (χ3v) is 5.45. The number of amides is 1. The Kier molecular flexibility index (Phi) is 5.38. The molecule has 10 nitrogen and oxygen atoms in total. The van der Waals surface area contributed by atoms with Crippen LogP contribution >= 0.6 is 0 Å². The number of pyridine rings is 2. The van der Waals surface area contributed by atoms with Gasteiger partial charge >= 0.3 is 0 Å². The van der Waals surface area contributed by atoms with Gasteiger partial charge in [-0.2, -0.15) is 0 Å². The second-order valence-electron chi connectivity index (χ2n) is 7.82. The first-order chi connectivity index (χ1) is 15.6. The van der Waals surface area contributed by atoms with Crippen molar-refractivity contribution in [1.82, 2.24) is 30.3 Å². The van der Waals surface area contributed by atoms with Crippen molar-refractivity contribution < 1.29 is 19.1 Å². The summed E-state index contributed by atoms with van der Waals surface area (Å²) in [7, 11) is 1.80. The van der Waals surface area contributed by atoms with Crippen molar-refractivity contribution in [2.75, 3.05) is 13.2 Å². The normalized spacial score (nSPS) is 18.7. The van der Waals surface area contributed by atoms with Crippen LogP contribution in [0.1, 0.15) is 28.0 Å². The van der Waals surface area contributed by atoms with Crippen molar-refractivity contribution in [3.63, 3.8) is 0 Å². The van der Waals surface area contributed by atoms with E-state index in [4.69, 9.17) is 9.15 Å². The number of carbonyl (C=O) groups is 1. The maximum Gasteiger partial charge on any atom is 0.270 e. The molecule has 4 aromatic rings. The summed E-state index contributed by atoms with van der Waals surface area (Å²) in [5.74, 6) is -0.337. The molecule has 1 fully saturated rings. The number of fused-ring (bicyclic) bond motifs is 1. The second-order valence-corrected chi connectivity index (χ2v) is 7.82. The number of nitrogens with one attached hydrogen (secondary N) is 1. The number of rotatable bonds is 5. The number of ether oxygens (including phenoxy) is 1. The lowest BCUT2D eigenvalue weighted by Gasteiger charge is -2.28. The molecule has 1 aliphatic rings. The number of hydrogen-bond donors (Lipinski definition) is 2. The minimum atomic E-state index is -0.733. The van der Waals surface area contributed by atoms with E-state index in [1.165, 1.54) is 0 Å². The zero-order chi connectivity index (χ0) is 22.1. The van der Waals surface area contributed by atoms with Gasteiger partial charge in [-0.05, 0) is 24.1 Å². The van der Waals surface area contributed by atoms with Gasteiger partial charge in [-0.15, -0.1) is 5.10 Å². The molecule has 0 bridgehead atoms. The molecule has 0 radical (unpaired) electrons. The predicted molar refractivity (Wildman–Crippen MR) is 114 cm³/mol. The number of nitrogens with zero attached hydrogens (tertiary/aromatic N) is 5. The van der Waals surface area contributed by atoms with Crippen LogP contribution in [0, 0.1) is 0 Å². The molecule has 0 unspecified atom stereocenters. The highest BCUT2D eigenvalue weighted by atomic mass is 16.5. The monoisotopic (exact) mass is 434 g/mol. The lowest BCUT2D eigenvalue weighted by molar-refractivity contribution is -0.0261. The number of hydrogen-bond acceptors (Lipinski definition) is 8. The van der Waals surface area contributed by atoms with Crippen LogP contribution in [0.15, 0.2) is 47.3 Å². The molecule has 1 amide bonds. The molecule has 0 aliphatic carbocycles. The van der Waals surface area contributed by atoms with Crippen molar-refractivity contribution in [1.29, 1.82) is 0 Å². The van der Waals surface area contributed by atoms with Crippen molar-refractivity contribution in [3.8, 4) is 11.4 Å². The van der Waals surface area contributed by atoms with E-state index in [-0.39, 0.29) is 24.2 Å². The summed E-state index contributed by atoms with van der Waals surface area (Å²) in [6, 6.07) is 6.95. The maximum absolute atomic E-state index is 12.8. The van der Waals surface area contributed by atoms with Crippen molar-refractivity contribution in [3.05, 3.63) is 59.7 Å². The van der Waals surface area contributed by atoms with Gasteiger partial charge in [-0.3, -0.25) is 14.5 Å². The van der Waals surface area contributed by atoms with Crippen LogP contribution in [0.4, 0.5) is 0 Å². The third kappa shape index (κ3) is 4.10. The Morgan fingerprint density at radius 3 is 2.97 bits per heavy atom. The van der Waals surface area contributed by atoms with Crippen molar-refractivity contribution in [2.45, 2.75) is 25.0 Å². The summed E-state index contributed by atoms with van der Waals surface area (Å²) in [5, 5.41) is 20.9. The highest BCUT2D eigenvalue weighted by molar-refractivity contribution is 5.95.